The van der Waals surface area contributed by atoms with Gasteiger partial charge in [-0.3, -0.25) is 4.79 Å². The van der Waals surface area contributed by atoms with E-state index in [1.807, 2.05) is 61.5 Å². The molecule has 0 aromatic heterocycles. The van der Waals surface area contributed by atoms with Gasteiger partial charge in [-0.25, -0.2) is 4.79 Å². The van der Waals surface area contributed by atoms with Gasteiger partial charge < -0.3 is 20.5 Å². The lowest BCUT2D eigenvalue weighted by molar-refractivity contribution is -0.137. The molecule has 0 aliphatic carbocycles. The zero-order valence-corrected chi connectivity index (χ0v) is 15.5. The molecule has 0 aliphatic heterocycles. The summed E-state index contributed by atoms with van der Waals surface area (Å²) in [6.07, 6.45) is 0.974. The normalized spacial score (nSPS) is 11.4. The maximum atomic E-state index is 12.2. The van der Waals surface area contributed by atoms with Crippen LogP contribution < -0.4 is 15.4 Å². The highest BCUT2D eigenvalue weighted by atomic mass is 16.5. The molecule has 2 amide bonds. The number of ether oxygens (including phenoxy) is 1. The van der Waals surface area contributed by atoms with Gasteiger partial charge in [0.2, 0.25) is 0 Å². The van der Waals surface area contributed by atoms with E-state index in [-0.39, 0.29) is 18.5 Å². The molecule has 0 bridgehead atoms. The average Bonchev–Trinajstić information content (AvgIpc) is 2.66. The maximum absolute atomic E-state index is 12.2. The Morgan fingerprint density at radius 3 is 2.37 bits per heavy atom. The minimum atomic E-state index is -0.871. The summed E-state index contributed by atoms with van der Waals surface area (Å²) in [5.41, 5.74) is 2.01. The standard InChI is InChI=1S/C21H26N2O4/c1-2-27-19-11-8-17(9-12-19)15-22-21(26)23-18(10-13-20(24)25)14-16-6-4-3-5-7-16/h3-9,11-12,18H,2,10,13-15H2,1H3,(H,24,25)(H2,22,23,26). The number of carbonyl (C=O) groups is 2. The number of carboxylic acid groups (broad SMARTS) is 1. The summed E-state index contributed by atoms with van der Waals surface area (Å²) in [4.78, 5) is 23.1. The van der Waals surface area contributed by atoms with E-state index < -0.39 is 5.97 Å². The van der Waals surface area contributed by atoms with Gasteiger partial charge in [0.05, 0.1) is 6.61 Å². The van der Waals surface area contributed by atoms with Crippen LogP contribution in [0, 0.1) is 0 Å². The first-order chi connectivity index (χ1) is 13.1. The Morgan fingerprint density at radius 2 is 1.74 bits per heavy atom. The topological polar surface area (TPSA) is 87.7 Å². The number of rotatable bonds is 10. The summed E-state index contributed by atoms with van der Waals surface area (Å²) in [6, 6.07) is 16.7. The van der Waals surface area contributed by atoms with E-state index >= 15 is 0 Å². The predicted octanol–water partition coefficient (Wildman–Crippen LogP) is 3.36. The van der Waals surface area contributed by atoms with Gasteiger partial charge >= 0.3 is 12.0 Å². The number of benzene rings is 2. The monoisotopic (exact) mass is 370 g/mol. The molecular weight excluding hydrogens is 344 g/mol. The zero-order chi connectivity index (χ0) is 19.5. The van der Waals surface area contributed by atoms with Crippen LogP contribution in [0.4, 0.5) is 4.79 Å². The van der Waals surface area contributed by atoms with Crippen LogP contribution in [0.5, 0.6) is 5.75 Å². The fourth-order valence-electron chi connectivity index (χ4n) is 2.71. The molecule has 0 saturated carbocycles. The molecule has 6 nitrogen and oxygen atoms in total. The minimum Gasteiger partial charge on any atom is -0.494 e. The lowest BCUT2D eigenvalue weighted by Crippen LogP contribution is -2.43. The van der Waals surface area contributed by atoms with Gasteiger partial charge in [0.1, 0.15) is 5.75 Å². The number of amides is 2. The number of nitrogens with one attached hydrogen (secondary N) is 2. The molecule has 2 aromatic rings. The summed E-state index contributed by atoms with van der Waals surface area (Å²) in [5.74, 6) is -0.0769. The molecule has 6 heteroatoms. The molecule has 144 valence electrons. The van der Waals surface area contributed by atoms with Crippen molar-refractivity contribution < 1.29 is 19.4 Å². The van der Waals surface area contributed by atoms with Gasteiger partial charge in [-0.15, -0.1) is 0 Å². The van der Waals surface area contributed by atoms with Crippen molar-refractivity contribution in [2.75, 3.05) is 6.61 Å². The Hall–Kier alpha value is -3.02. The highest BCUT2D eigenvalue weighted by molar-refractivity contribution is 5.74. The van der Waals surface area contributed by atoms with Crippen LogP contribution in [0.15, 0.2) is 54.6 Å². The third-order valence-corrected chi connectivity index (χ3v) is 4.05. The van der Waals surface area contributed by atoms with Crippen LogP contribution >= 0.6 is 0 Å². The molecule has 0 saturated heterocycles. The highest BCUT2D eigenvalue weighted by Crippen LogP contribution is 2.12. The van der Waals surface area contributed by atoms with E-state index in [4.69, 9.17) is 9.84 Å². The largest absolute Gasteiger partial charge is 0.494 e. The third-order valence-electron chi connectivity index (χ3n) is 4.05. The number of aliphatic carboxylic acids is 1. The number of carbonyl (C=O) groups excluding carboxylic acids is 1. The fourth-order valence-corrected chi connectivity index (χ4v) is 2.71. The fraction of sp³-hybridized carbons (Fsp3) is 0.333. The highest BCUT2D eigenvalue weighted by Gasteiger charge is 2.14. The van der Waals surface area contributed by atoms with Crippen molar-refractivity contribution >= 4 is 12.0 Å². The minimum absolute atomic E-state index is 0.0106. The van der Waals surface area contributed by atoms with Crippen molar-refractivity contribution in [2.45, 2.75) is 38.8 Å². The smallest absolute Gasteiger partial charge is 0.315 e. The molecule has 3 N–H and O–H groups in total. The second-order valence-corrected chi connectivity index (χ2v) is 6.22. The molecule has 1 unspecified atom stereocenters. The SMILES string of the molecule is CCOc1ccc(CNC(=O)NC(CCC(=O)O)Cc2ccccc2)cc1. The number of hydrogen-bond donors (Lipinski definition) is 3. The molecule has 0 aliphatic rings. The van der Waals surface area contributed by atoms with Crippen LogP contribution in [-0.4, -0.2) is 29.8 Å². The first-order valence-corrected chi connectivity index (χ1v) is 9.08. The first kappa shape index (κ1) is 20.3. The predicted molar refractivity (Wildman–Crippen MR) is 104 cm³/mol. The molecule has 0 radical (unpaired) electrons. The zero-order valence-electron chi connectivity index (χ0n) is 15.5. The Morgan fingerprint density at radius 1 is 1.04 bits per heavy atom. The van der Waals surface area contributed by atoms with Crippen molar-refractivity contribution in [3.8, 4) is 5.75 Å². The van der Waals surface area contributed by atoms with Gasteiger partial charge in [0, 0.05) is 19.0 Å². The van der Waals surface area contributed by atoms with Crippen LogP contribution in [0.3, 0.4) is 0 Å². The lowest BCUT2D eigenvalue weighted by Gasteiger charge is -2.19. The Bertz CT molecular complexity index is 717. The Kier molecular flexibility index (Phi) is 8.16. The second kappa shape index (κ2) is 10.9. The van der Waals surface area contributed by atoms with Crippen molar-refractivity contribution in [1.29, 1.82) is 0 Å². The number of urea groups is 1. The van der Waals surface area contributed by atoms with Gasteiger partial charge in [-0.1, -0.05) is 42.5 Å². The summed E-state index contributed by atoms with van der Waals surface area (Å²) in [6.45, 7) is 2.92. The van der Waals surface area contributed by atoms with Crippen molar-refractivity contribution in [3.63, 3.8) is 0 Å². The second-order valence-electron chi connectivity index (χ2n) is 6.22. The molecule has 2 rings (SSSR count). The lowest BCUT2D eigenvalue weighted by atomic mass is 10.0. The van der Waals surface area contributed by atoms with Gasteiger partial charge in [0.25, 0.3) is 0 Å². The maximum Gasteiger partial charge on any atom is 0.315 e. The van der Waals surface area contributed by atoms with Crippen molar-refractivity contribution in [2.24, 2.45) is 0 Å². The summed E-state index contributed by atoms with van der Waals surface area (Å²) in [7, 11) is 0. The molecule has 1 atom stereocenters. The van der Waals surface area contributed by atoms with Crippen molar-refractivity contribution in [1.82, 2.24) is 10.6 Å². The van der Waals surface area contributed by atoms with Crippen LogP contribution in [0.1, 0.15) is 30.9 Å². The van der Waals surface area contributed by atoms with E-state index in [1.165, 1.54) is 0 Å². The van der Waals surface area contributed by atoms with Gasteiger partial charge in [-0.05, 0) is 43.0 Å². The number of carboxylic acids is 1. The molecule has 27 heavy (non-hydrogen) atoms. The summed E-state index contributed by atoms with van der Waals surface area (Å²) < 4.78 is 5.39. The van der Waals surface area contributed by atoms with E-state index in [9.17, 15) is 9.59 Å². The molecule has 0 heterocycles. The summed E-state index contributed by atoms with van der Waals surface area (Å²) in [5, 5.41) is 14.6. The van der Waals surface area contributed by atoms with Crippen LogP contribution in [0.2, 0.25) is 0 Å². The van der Waals surface area contributed by atoms with E-state index in [0.29, 0.717) is 26.0 Å². The Labute approximate surface area is 159 Å². The average molecular weight is 370 g/mol. The van der Waals surface area contributed by atoms with Gasteiger partial charge in [0.15, 0.2) is 0 Å². The Balaban J connectivity index is 1.86. The molecule has 0 fully saturated rings. The molecule has 0 spiro atoms. The van der Waals surface area contributed by atoms with Gasteiger partial charge in [-0.2, -0.15) is 0 Å². The van der Waals surface area contributed by atoms with Crippen LogP contribution in [-0.2, 0) is 17.8 Å². The van der Waals surface area contributed by atoms with E-state index in [0.717, 1.165) is 16.9 Å². The van der Waals surface area contributed by atoms with Crippen molar-refractivity contribution in [3.05, 3.63) is 65.7 Å². The quantitative estimate of drug-likeness (QED) is 0.598. The third kappa shape index (κ3) is 7.81. The first-order valence-electron chi connectivity index (χ1n) is 9.08. The van der Waals surface area contributed by atoms with E-state index in [2.05, 4.69) is 10.6 Å². The van der Waals surface area contributed by atoms with Crippen LogP contribution in [0.25, 0.3) is 0 Å². The van der Waals surface area contributed by atoms with E-state index in [1.54, 1.807) is 0 Å². The molecule has 2 aromatic carbocycles. The summed E-state index contributed by atoms with van der Waals surface area (Å²) >= 11 is 0. The molecular formula is C21H26N2O4. The number of hydrogen-bond acceptors (Lipinski definition) is 3.